The molecule has 7 nitrogen and oxygen atoms in total. The van der Waals surface area contributed by atoms with Crippen LogP contribution in [0.3, 0.4) is 0 Å². The minimum Gasteiger partial charge on any atom is -0.504 e. The zero-order valence-electron chi connectivity index (χ0n) is 20.1. The molecule has 0 spiro atoms. The summed E-state index contributed by atoms with van der Waals surface area (Å²) in [7, 11) is 1.56. The highest BCUT2D eigenvalue weighted by atomic mass is 16.5. The van der Waals surface area contributed by atoms with Crippen molar-refractivity contribution in [3.8, 4) is 28.7 Å². The summed E-state index contributed by atoms with van der Waals surface area (Å²) in [5, 5.41) is 25.0. The van der Waals surface area contributed by atoms with Crippen molar-refractivity contribution in [1.82, 2.24) is 4.98 Å². The molecule has 0 saturated heterocycles. The Morgan fingerprint density at radius 2 is 1.61 bits per heavy atom. The maximum atomic E-state index is 12.7. The number of aromatic hydroxyl groups is 2. The van der Waals surface area contributed by atoms with Crippen molar-refractivity contribution in [3.05, 3.63) is 90.6 Å². The molecule has 0 aliphatic heterocycles. The standard InChI is InChI=1S/C27H20N2O5.C2H6/c1-33-20-4-2-3-17(12-20)27(32)29-19-7-5-16-6-8-21(13-18(16)11-19)34-26-9-10-28-23-15-25(31)24(30)14-22(23)26;1-2/h2-15,30-31H,1H3,(H,29,32);1-2H3. The van der Waals surface area contributed by atoms with E-state index in [2.05, 4.69) is 10.3 Å². The fraction of sp³-hybridized carbons (Fsp3) is 0.103. The predicted octanol–water partition coefficient (Wildman–Crippen LogP) is 6.88. The fourth-order valence-corrected chi connectivity index (χ4v) is 3.69. The van der Waals surface area contributed by atoms with E-state index in [4.69, 9.17) is 9.47 Å². The van der Waals surface area contributed by atoms with Crippen molar-refractivity contribution >= 4 is 33.3 Å². The maximum absolute atomic E-state index is 12.7. The molecule has 0 fully saturated rings. The number of carbonyl (C=O) groups is 1. The third-order valence-corrected chi connectivity index (χ3v) is 5.43. The second-order valence-electron chi connectivity index (χ2n) is 7.68. The van der Waals surface area contributed by atoms with Crippen LogP contribution in [0.25, 0.3) is 21.7 Å². The number of fused-ring (bicyclic) bond motifs is 2. The first-order valence-corrected chi connectivity index (χ1v) is 11.5. The van der Waals surface area contributed by atoms with Gasteiger partial charge in [-0.3, -0.25) is 9.78 Å². The van der Waals surface area contributed by atoms with Gasteiger partial charge in [0.15, 0.2) is 11.5 Å². The Morgan fingerprint density at radius 3 is 2.42 bits per heavy atom. The average Bonchev–Trinajstić information content (AvgIpc) is 2.91. The highest BCUT2D eigenvalue weighted by Crippen LogP contribution is 2.36. The minimum atomic E-state index is -0.250. The van der Waals surface area contributed by atoms with Gasteiger partial charge in [-0.1, -0.05) is 32.0 Å². The Hall–Kier alpha value is -4.78. The molecule has 0 saturated carbocycles. The molecule has 0 unspecified atom stereocenters. The fourth-order valence-electron chi connectivity index (χ4n) is 3.69. The van der Waals surface area contributed by atoms with Gasteiger partial charge in [-0.2, -0.15) is 0 Å². The van der Waals surface area contributed by atoms with Crippen molar-refractivity contribution in [1.29, 1.82) is 0 Å². The molecule has 0 aliphatic carbocycles. The lowest BCUT2D eigenvalue weighted by Gasteiger charge is -2.11. The Bertz CT molecular complexity index is 1550. The first kappa shape index (κ1) is 24.3. The predicted molar refractivity (Wildman–Crippen MR) is 141 cm³/mol. The first-order chi connectivity index (χ1) is 17.5. The molecule has 4 aromatic carbocycles. The molecule has 0 aliphatic rings. The molecule has 0 bridgehead atoms. The minimum absolute atomic E-state index is 0.239. The van der Waals surface area contributed by atoms with Gasteiger partial charge in [0.1, 0.15) is 17.2 Å². The summed E-state index contributed by atoms with van der Waals surface area (Å²) in [4.78, 5) is 16.9. The molecule has 7 heteroatoms. The summed E-state index contributed by atoms with van der Waals surface area (Å²) >= 11 is 0. The van der Waals surface area contributed by atoms with E-state index in [1.165, 1.54) is 12.1 Å². The van der Waals surface area contributed by atoms with Crippen LogP contribution in [0.15, 0.2) is 85.1 Å². The van der Waals surface area contributed by atoms with Crippen LogP contribution in [-0.4, -0.2) is 28.2 Å². The molecule has 5 aromatic rings. The van der Waals surface area contributed by atoms with E-state index in [0.717, 1.165) is 10.8 Å². The number of nitrogens with zero attached hydrogens (tertiary/aromatic N) is 1. The number of hydrogen-bond donors (Lipinski definition) is 3. The average molecular weight is 483 g/mol. The summed E-state index contributed by atoms with van der Waals surface area (Å²) in [6.45, 7) is 4.00. The van der Waals surface area contributed by atoms with E-state index in [-0.39, 0.29) is 17.4 Å². The third-order valence-electron chi connectivity index (χ3n) is 5.43. The molecular weight excluding hydrogens is 456 g/mol. The monoisotopic (exact) mass is 482 g/mol. The molecule has 36 heavy (non-hydrogen) atoms. The first-order valence-electron chi connectivity index (χ1n) is 11.5. The Labute approximate surface area is 208 Å². The lowest BCUT2D eigenvalue weighted by atomic mass is 10.1. The number of rotatable bonds is 5. The summed E-state index contributed by atoms with van der Waals surface area (Å²) in [6, 6.07) is 22.7. The number of hydrogen-bond acceptors (Lipinski definition) is 6. The van der Waals surface area contributed by atoms with Crippen molar-refractivity contribution < 1.29 is 24.5 Å². The van der Waals surface area contributed by atoms with Gasteiger partial charge >= 0.3 is 0 Å². The Balaban J connectivity index is 0.00000148. The largest absolute Gasteiger partial charge is 0.504 e. The lowest BCUT2D eigenvalue weighted by molar-refractivity contribution is 0.102. The lowest BCUT2D eigenvalue weighted by Crippen LogP contribution is -2.11. The maximum Gasteiger partial charge on any atom is 0.255 e. The van der Waals surface area contributed by atoms with Crippen LogP contribution in [0.1, 0.15) is 24.2 Å². The van der Waals surface area contributed by atoms with Crippen molar-refractivity contribution in [2.75, 3.05) is 12.4 Å². The van der Waals surface area contributed by atoms with Gasteiger partial charge in [0, 0.05) is 28.9 Å². The number of phenolic OH excluding ortho intramolecular Hbond substituents is 2. The van der Waals surface area contributed by atoms with E-state index in [9.17, 15) is 15.0 Å². The quantitative estimate of drug-likeness (QED) is 0.236. The van der Waals surface area contributed by atoms with Crippen LogP contribution in [0.4, 0.5) is 5.69 Å². The van der Waals surface area contributed by atoms with Gasteiger partial charge in [-0.15, -0.1) is 0 Å². The van der Waals surface area contributed by atoms with Crippen LogP contribution in [0.2, 0.25) is 0 Å². The van der Waals surface area contributed by atoms with E-state index in [1.54, 1.807) is 43.6 Å². The summed E-state index contributed by atoms with van der Waals surface area (Å²) in [5.74, 6) is 0.940. The summed E-state index contributed by atoms with van der Waals surface area (Å²) in [6.07, 6.45) is 1.57. The molecule has 182 valence electrons. The summed E-state index contributed by atoms with van der Waals surface area (Å²) in [5.41, 5.74) is 1.64. The molecular formula is C29H26N2O5. The summed E-state index contributed by atoms with van der Waals surface area (Å²) < 4.78 is 11.3. The topological polar surface area (TPSA) is 101 Å². The molecule has 0 atom stereocenters. The highest BCUT2D eigenvalue weighted by molar-refractivity contribution is 6.05. The van der Waals surface area contributed by atoms with Crippen molar-refractivity contribution in [3.63, 3.8) is 0 Å². The molecule has 1 heterocycles. The third kappa shape index (κ3) is 5.15. The van der Waals surface area contributed by atoms with Crippen LogP contribution in [0, 0.1) is 0 Å². The number of benzene rings is 4. The van der Waals surface area contributed by atoms with Gasteiger partial charge in [-0.25, -0.2) is 0 Å². The smallest absolute Gasteiger partial charge is 0.255 e. The van der Waals surface area contributed by atoms with Gasteiger partial charge in [0.2, 0.25) is 0 Å². The van der Waals surface area contributed by atoms with Crippen LogP contribution >= 0.6 is 0 Å². The van der Waals surface area contributed by atoms with Crippen molar-refractivity contribution in [2.24, 2.45) is 0 Å². The Morgan fingerprint density at radius 1 is 0.833 bits per heavy atom. The second kappa shape index (κ2) is 10.7. The number of aromatic nitrogens is 1. The van der Waals surface area contributed by atoms with Gasteiger partial charge in [-0.05, 0) is 65.4 Å². The number of nitrogens with one attached hydrogen (secondary N) is 1. The van der Waals surface area contributed by atoms with E-state index < -0.39 is 0 Å². The van der Waals surface area contributed by atoms with E-state index in [1.807, 2.05) is 50.2 Å². The van der Waals surface area contributed by atoms with E-state index >= 15 is 0 Å². The molecule has 1 aromatic heterocycles. The molecule has 1 amide bonds. The number of phenols is 2. The number of ether oxygens (including phenoxy) is 2. The zero-order chi connectivity index (χ0) is 25.7. The SMILES string of the molecule is CC.COc1cccc(C(=O)Nc2ccc3ccc(Oc4ccnc5cc(O)c(O)cc45)cc3c2)c1. The zero-order valence-corrected chi connectivity index (χ0v) is 20.1. The van der Waals surface area contributed by atoms with Crippen molar-refractivity contribution in [2.45, 2.75) is 13.8 Å². The number of amides is 1. The van der Waals surface area contributed by atoms with Gasteiger partial charge < -0.3 is 25.0 Å². The number of pyridine rings is 1. The number of anilines is 1. The van der Waals surface area contributed by atoms with Gasteiger partial charge in [0.25, 0.3) is 5.91 Å². The second-order valence-corrected chi connectivity index (χ2v) is 7.68. The van der Waals surface area contributed by atoms with E-state index in [0.29, 0.717) is 39.4 Å². The highest BCUT2D eigenvalue weighted by Gasteiger charge is 2.11. The molecule has 0 radical (unpaired) electrons. The van der Waals surface area contributed by atoms with Gasteiger partial charge in [0.05, 0.1) is 12.6 Å². The van der Waals surface area contributed by atoms with Crippen LogP contribution in [0.5, 0.6) is 28.7 Å². The normalized spacial score (nSPS) is 10.4. The Kier molecular flexibility index (Phi) is 7.20. The van der Waals surface area contributed by atoms with Crippen LogP contribution < -0.4 is 14.8 Å². The number of carbonyl (C=O) groups excluding carboxylic acids is 1. The molecule has 5 rings (SSSR count). The van der Waals surface area contributed by atoms with Crippen LogP contribution in [-0.2, 0) is 0 Å². The number of methoxy groups -OCH3 is 1. The molecule has 3 N–H and O–H groups in total.